The van der Waals surface area contributed by atoms with E-state index >= 15 is 0 Å². The molecule has 96 valence electrons. The van der Waals surface area contributed by atoms with E-state index in [9.17, 15) is 0 Å². The van der Waals surface area contributed by atoms with Crippen molar-refractivity contribution in [3.05, 3.63) is 30.3 Å². The molecule has 0 aromatic carbocycles. The van der Waals surface area contributed by atoms with Gasteiger partial charge in [0.05, 0.1) is 0 Å². The second-order valence-electron chi connectivity index (χ2n) is 4.22. The second-order valence-corrected chi connectivity index (χ2v) is 4.22. The third kappa shape index (κ3) is 3.37. The Kier molecular flexibility index (Phi) is 4.41. The lowest BCUT2D eigenvalue weighted by Gasteiger charge is -2.09. The van der Waals surface area contributed by atoms with Crippen molar-refractivity contribution in [1.29, 1.82) is 0 Å². The van der Waals surface area contributed by atoms with Crippen molar-refractivity contribution < 1.29 is 4.52 Å². The summed E-state index contributed by atoms with van der Waals surface area (Å²) in [4.78, 5) is 8.53. The molecule has 5 heteroatoms. The monoisotopic (exact) mass is 246 g/mol. The number of rotatable bonds is 6. The van der Waals surface area contributed by atoms with Crippen LogP contribution in [0.25, 0.3) is 11.5 Å². The molecule has 0 fully saturated rings. The third-order valence-corrected chi connectivity index (χ3v) is 2.71. The molecular formula is C13H18N4O. The summed E-state index contributed by atoms with van der Waals surface area (Å²) in [6, 6.07) is 6.10. The van der Waals surface area contributed by atoms with E-state index in [4.69, 9.17) is 4.52 Å². The summed E-state index contributed by atoms with van der Waals surface area (Å²) >= 11 is 0. The summed E-state index contributed by atoms with van der Waals surface area (Å²) < 4.78 is 5.22. The van der Waals surface area contributed by atoms with Crippen molar-refractivity contribution in [2.45, 2.75) is 32.7 Å². The van der Waals surface area contributed by atoms with Gasteiger partial charge in [0.15, 0.2) is 0 Å². The number of hydrogen-bond acceptors (Lipinski definition) is 5. The van der Waals surface area contributed by atoms with E-state index < -0.39 is 0 Å². The fourth-order valence-electron chi connectivity index (χ4n) is 1.75. The Bertz CT molecular complexity index is 469. The minimum atomic E-state index is 0.459. The number of hydrogen-bond donors (Lipinski definition) is 1. The maximum atomic E-state index is 5.22. The lowest BCUT2D eigenvalue weighted by Crippen LogP contribution is -2.25. The molecule has 2 aromatic heterocycles. The molecule has 0 radical (unpaired) electrons. The summed E-state index contributed by atoms with van der Waals surface area (Å²) in [6.45, 7) is 5.23. The van der Waals surface area contributed by atoms with Crippen molar-refractivity contribution in [2.75, 3.05) is 6.54 Å². The molecule has 2 aromatic rings. The van der Waals surface area contributed by atoms with Gasteiger partial charge in [0.25, 0.3) is 0 Å². The van der Waals surface area contributed by atoms with Crippen LogP contribution in [0.1, 0.15) is 26.2 Å². The zero-order valence-electron chi connectivity index (χ0n) is 10.8. The van der Waals surface area contributed by atoms with Crippen LogP contribution >= 0.6 is 0 Å². The van der Waals surface area contributed by atoms with E-state index in [0.717, 1.165) is 25.1 Å². The van der Waals surface area contributed by atoms with Gasteiger partial charge in [0.2, 0.25) is 11.7 Å². The van der Waals surface area contributed by atoms with Crippen LogP contribution in [0, 0.1) is 0 Å². The number of nitrogens with zero attached hydrogens (tertiary/aromatic N) is 3. The molecule has 5 nitrogen and oxygen atoms in total. The second kappa shape index (κ2) is 6.26. The van der Waals surface area contributed by atoms with Gasteiger partial charge >= 0.3 is 0 Å². The Morgan fingerprint density at radius 1 is 1.39 bits per heavy atom. The van der Waals surface area contributed by atoms with Crippen LogP contribution in [-0.2, 0) is 6.42 Å². The molecular weight excluding hydrogens is 228 g/mol. The highest BCUT2D eigenvalue weighted by Gasteiger charge is 2.10. The van der Waals surface area contributed by atoms with Gasteiger partial charge in [-0.2, -0.15) is 4.98 Å². The highest BCUT2D eigenvalue weighted by Crippen LogP contribution is 2.13. The molecule has 0 bridgehead atoms. The van der Waals surface area contributed by atoms with Gasteiger partial charge in [-0.1, -0.05) is 18.1 Å². The Labute approximate surface area is 107 Å². The zero-order chi connectivity index (χ0) is 12.8. The lowest BCUT2D eigenvalue weighted by molar-refractivity contribution is 0.368. The van der Waals surface area contributed by atoms with Crippen LogP contribution in [-0.4, -0.2) is 27.7 Å². The molecule has 2 heterocycles. The largest absolute Gasteiger partial charge is 0.339 e. The summed E-state index contributed by atoms with van der Waals surface area (Å²) in [5.74, 6) is 1.22. The molecule has 0 spiro atoms. The van der Waals surface area contributed by atoms with E-state index in [-0.39, 0.29) is 0 Å². The molecule has 1 N–H and O–H groups in total. The van der Waals surface area contributed by atoms with Crippen LogP contribution in [0.15, 0.2) is 28.9 Å². The highest BCUT2D eigenvalue weighted by atomic mass is 16.5. The summed E-state index contributed by atoms with van der Waals surface area (Å²) in [5.41, 5.74) is 0.743. The average molecular weight is 246 g/mol. The van der Waals surface area contributed by atoms with Crippen molar-refractivity contribution in [3.63, 3.8) is 0 Å². The number of nitrogens with one attached hydrogen (secondary N) is 1. The van der Waals surface area contributed by atoms with Gasteiger partial charge in [-0.25, -0.2) is 0 Å². The third-order valence-electron chi connectivity index (χ3n) is 2.71. The first-order valence-corrected chi connectivity index (χ1v) is 6.27. The smallest absolute Gasteiger partial charge is 0.227 e. The molecule has 0 amide bonds. The molecule has 2 rings (SSSR count). The predicted octanol–water partition coefficient (Wildman–Crippen LogP) is 2.06. The number of pyridine rings is 1. The van der Waals surface area contributed by atoms with E-state index in [1.807, 2.05) is 18.2 Å². The minimum absolute atomic E-state index is 0.459. The van der Waals surface area contributed by atoms with E-state index in [1.54, 1.807) is 6.20 Å². The SMILES string of the molecule is CCNC(C)CCc1nc(-c2ccccn2)no1. The van der Waals surface area contributed by atoms with E-state index in [2.05, 4.69) is 34.3 Å². The van der Waals surface area contributed by atoms with Crippen LogP contribution in [0.2, 0.25) is 0 Å². The predicted molar refractivity (Wildman–Crippen MR) is 69.0 cm³/mol. The fraction of sp³-hybridized carbons (Fsp3) is 0.462. The van der Waals surface area contributed by atoms with Crippen molar-refractivity contribution >= 4 is 0 Å². The Morgan fingerprint density at radius 3 is 3.00 bits per heavy atom. The zero-order valence-corrected chi connectivity index (χ0v) is 10.8. The molecule has 0 saturated carbocycles. The fourth-order valence-corrected chi connectivity index (χ4v) is 1.75. The molecule has 18 heavy (non-hydrogen) atoms. The van der Waals surface area contributed by atoms with Gasteiger partial charge in [-0.15, -0.1) is 0 Å². The standard InChI is InChI=1S/C13H18N4O/c1-3-14-10(2)7-8-12-16-13(17-18-12)11-6-4-5-9-15-11/h4-6,9-10,14H,3,7-8H2,1-2H3. The first-order valence-electron chi connectivity index (χ1n) is 6.27. The minimum Gasteiger partial charge on any atom is -0.339 e. The number of aryl methyl sites for hydroxylation is 1. The van der Waals surface area contributed by atoms with E-state index in [1.165, 1.54) is 0 Å². The molecule has 1 unspecified atom stereocenters. The van der Waals surface area contributed by atoms with Gasteiger partial charge in [0, 0.05) is 18.7 Å². The molecule has 0 aliphatic carbocycles. The Morgan fingerprint density at radius 2 is 2.28 bits per heavy atom. The normalized spacial score (nSPS) is 12.6. The summed E-state index contributed by atoms with van der Waals surface area (Å²) in [7, 11) is 0. The Hall–Kier alpha value is -1.75. The molecule has 1 atom stereocenters. The summed E-state index contributed by atoms with van der Waals surface area (Å²) in [6.07, 6.45) is 3.49. The highest BCUT2D eigenvalue weighted by molar-refractivity contribution is 5.46. The van der Waals surface area contributed by atoms with Gasteiger partial charge in [-0.05, 0) is 32.0 Å². The Balaban J connectivity index is 1.95. The first kappa shape index (κ1) is 12.7. The van der Waals surface area contributed by atoms with Crippen molar-refractivity contribution in [3.8, 4) is 11.5 Å². The van der Waals surface area contributed by atoms with Crippen LogP contribution in [0.5, 0.6) is 0 Å². The molecule has 0 aliphatic rings. The van der Waals surface area contributed by atoms with Gasteiger partial charge < -0.3 is 9.84 Å². The molecule has 0 saturated heterocycles. The topological polar surface area (TPSA) is 63.8 Å². The average Bonchev–Trinajstić information content (AvgIpc) is 2.87. The van der Waals surface area contributed by atoms with E-state index in [0.29, 0.717) is 17.8 Å². The lowest BCUT2D eigenvalue weighted by atomic mass is 10.2. The maximum absolute atomic E-state index is 5.22. The summed E-state index contributed by atoms with van der Waals surface area (Å²) in [5, 5.41) is 7.29. The van der Waals surface area contributed by atoms with Crippen LogP contribution in [0.3, 0.4) is 0 Å². The first-order chi connectivity index (χ1) is 8.79. The number of aromatic nitrogens is 3. The quantitative estimate of drug-likeness (QED) is 0.845. The van der Waals surface area contributed by atoms with Crippen LogP contribution in [0.4, 0.5) is 0 Å². The van der Waals surface area contributed by atoms with Crippen molar-refractivity contribution in [2.24, 2.45) is 0 Å². The van der Waals surface area contributed by atoms with Gasteiger partial charge in [0.1, 0.15) is 5.69 Å². The van der Waals surface area contributed by atoms with Gasteiger partial charge in [-0.3, -0.25) is 4.98 Å². The van der Waals surface area contributed by atoms with Crippen LogP contribution < -0.4 is 5.32 Å². The maximum Gasteiger partial charge on any atom is 0.227 e. The molecule has 0 aliphatic heterocycles. The van der Waals surface area contributed by atoms with Crippen molar-refractivity contribution in [1.82, 2.24) is 20.4 Å².